The lowest BCUT2D eigenvalue weighted by Gasteiger charge is -2.27. The van der Waals surface area contributed by atoms with Gasteiger partial charge in [0.05, 0.1) is 0 Å². The van der Waals surface area contributed by atoms with Crippen molar-refractivity contribution in [3.63, 3.8) is 0 Å². The summed E-state index contributed by atoms with van der Waals surface area (Å²) in [6, 6.07) is 15.1. The third kappa shape index (κ3) is 4.02. The van der Waals surface area contributed by atoms with Gasteiger partial charge in [-0.3, -0.25) is 9.59 Å². The van der Waals surface area contributed by atoms with Gasteiger partial charge >= 0.3 is 0 Å². The molecule has 6 heteroatoms. The number of ether oxygens (including phenoxy) is 1. The number of benzene rings is 2. The van der Waals surface area contributed by atoms with E-state index in [-0.39, 0.29) is 17.9 Å². The quantitative estimate of drug-likeness (QED) is 0.861. The molecule has 0 saturated carbocycles. The van der Waals surface area contributed by atoms with Crippen molar-refractivity contribution >= 4 is 29.3 Å². The van der Waals surface area contributed by atoms with E-state index in [0.29, 0.717) is 17.7 Å². The van der Waals surface area contributed by atoms with E-state index in [2.05, 4.69) is 12.2 Å². The van der Waals surface area contributed by atoms with Crippen molar-refractivity contribution in [1.82, 2.24) is 4.90 Å². The van der Waals surface area contributed by atoms with Crippen LogP contribution in [0.4, 0.5) is 5.69 Å². The first-order chi connectivity index (χ1) is 13.6. The maximum atomic E-state index is 13.0. The molecule has 2 unspecified atom stereocenters. The first kappa shape index (κ1) is 18.9. The van der Waals surface area contributed by atoms with Gasteiger partial charge in [-0.2, -0.15) is 11.8 Å². The number of hydrogen-bond acceptors (Lipinski definition) is 4. The Labute approximate surface area is 169 Å². The molecule has 0 aliphatic carbocycles. The summed E-state index contributed by atoms with van der Waals surface area (Å²) in [5, 5.41) is 2.90. The zero-order valence-corrected chi connectivity index (χ0v) is 16.7. The van der Waals surface area contributed by atoms with Gasteiger partial charge in [0.1, 0.15) is 5.75 Å². The molecule has 28 heavy (non-hydrogen) atoms. The average Bonchev–Trinajstić information content (AvgIpc) is 3.03. The van der Waals surface area contributed by atoms with E-state index in [4.69, 9.17) is 4.74 Å². The van der Waals surface area contributed by atoms with Gasteiger partial charge in [-0.05, 0) is 48.9 Å². The van der Waals surface area contributed by atoms with E-state index >= 15 is 0 Å². The molecular weight excluding hydrogens is 372 g/mol. The minimum absolute atomic E-state index is 0.0237. The second kappa shape index (κ2) is 8.27. The Morgan fingerprint density at radius 3 is 2.86 bits per heavy atom. The Morgan fingerprint density at radius 2 is 2.00 bits per heavy atom. The van der Waals surface area contributed by atoms with Crippen LogP contribution in [-0.4, -0.2) is 46.9 Å². The van der Waals surface area contributed by atoms with Crippen molar-refractivity contribution in [2.75, 3.05) is 23.4 Å². The van der Waals surface area contributed by atoms with Crippen LogP contribution in [0, 0.1) is 0 Å². The van der Waals surface area contributed by atoms with Gasteiger partial charge in [0, 0.05) is 36.0 Å². The van der Waals surface area contributed by atoms with E-state index in [1.165, 1.54) is 0 Å². The van der Waals surface area contributed by atoms with Crippen LogP contribution >= 0.6 is 11.8 Å². The average molecular weight is 397 g/mol. The number of carbonyl (C=O) groups is 2. The highest BCUT2D eigenvalue weighted by atomic mass is 32.2. The summed E-state index contributed by atoms with van der Waals surface area (Å²) in [6.45, 7) is 2.86. The zero-order valence-electron chi connectivity index (χ0n) is 15.9. The highest BCUT2D eigenvalue weighted by Gasteiger charge is 2.29. The molecule has 1 fully saturated rings. The summed E-state index contributed by atoms with van der Waals surface area (Å²) in [7, 11) is 0. The fraction of sp³-hybridized carbons (Fsp3) is 0.364. The van der Waals surface area contributed by atoms with Crippen LogP contribution in [0.15, 0.2) is 48.5 Å². The number of nitrogens with one attached hydrogen (secondary N) is 1. The SMILES string of the molecule is CC1CCSCCN1C(=O)c1cccc(NC(=O)C2Cc3ccccc3O2)c1. The molecular formula is C22H24N2O3S. The number of carbonyl (C=O) groups excluding carboxylic acids is 2. The Balaban J connectivity index is 1.44. The fourth-order valence-corrected chi connectivity index (χ4v) is 4.68. The van der Waals surface area contributed by atoms with Gasteiger partial charge < -0.3 is 15.0 Å². The van der Waals surface area contributed by atoms with Crippen LogP contribution < -0.4 is 10.1 Å². The third-order valence-corrected chi connectivity index (χ3v) is 6.26. The first-order valence-electron chi connectivity index (χ1n) is 9.66. The van der Waals surface area contributed by atoms with Gasteiger partial charge in [-0.1, -0.05) is 24.3 Å². The van der Waals surface area contributed by atoms with Gasteiger partial charge in [0.2, 0.25) is 0 Å². The molecule has 2 aromatic rings. The molecule has 2 aliphatic rings. The van der Waals surface area contributed by atoms with Crippen molar-refractivity contribution in [2.24, 2.45) is 0 Å². The molecule has 2 amide bonds. The molecule has 2 aromatic carbocycles. The monoisotopic (exact) mass is 396 g/mol. The van der Waals surface area contributed by atoms with Crippen molar-refractivity contribution in [3.8, 4) is 5.75 Å². The Morgan fingerprint density at radius 1 is 1.14 bits per heavy atom. The molecule has 1 N–H and O–H groups in total. The molecule has 2 heterocycles. The predicted octanol–water partition coefficient (Wildman–Crippen LogP) is 3.60. The van der Waals surface area contributed by atoms with Crippen LogP contribution in [-0.2, 0) is 11.2 Å². The number of rotatable bonds is 3. The molecule has 2 atom stereocenters. The van der Waals surface area contributed by atoms with Crippen molar-refractivity contribution < 1.29 is 14.3 Å². The number of hydrogen-bond donors (Lipinski definition) is 1. The summed E-state index contributed by atoms with van der Waals surface area (Å²) < 4.78 is 5.75. The smallest absolute Gasteiger partial charge is 0.265 e. The van der Waals surface area contributed by atoms with Gasteiger partial charge in [0.15, 0.2) is 6.10 Å². The second-order valence-corrected chi connectivity index (χ2v) is 8.46. The Kier molecular flexibility index (Phi) is 5.57. The van der Waals surface area contributed by atoms with E-state index < -0.39 is 6.10 Å². The lowest BCUT2D eigenvalue weighted by atomic mass is 10.1. The summed E-state index contributed by atoms with van der Waals surface area (Å²) in [6.07, 6.45) is 1.02. The molecule has 0 aromatic heterocycles. The van der Waals surface area contributed by atoms with Gasteiger partial charge in [0.25, 0.3) is 11.8 Å². The third-order valence-electron chi connectivity index (χ3n) is 5.27. The van der Waals surface area contributed by atoms with Gasteiger partial charge in [-0.25, -0.2) is 0 Å². The van der Waals surface area contributed by atoms with Crippen molar-refractivity contribution in [2.45, 2.75) is 31.9 Å². The highest BCUT2D eigenvalue weighted by molar-refractivity contribution is 7.99. The maximum Gasteiger partial charge on any atom is 0.265 e. The topological polar surface area (TPSA) is 58.6 Å². The number of nitrogens with zero attached hydrogens (tertiary/aromatic N) is 1. The summed E-state index contributed by atoms with van der Waals surface area (Å²) in [5.41, 5.74) is 2.26. The lowest BCUT2D eigenvalue weighted by molar-refractivity contribution is -0.122. The molecule has 2 aliphatic heterocycles. The number of amides is 2. The minimum atomic E-state index is -0.542. The normalized spacial score (nSPS) is 21.4. The Bertz CT molecular complexity index is 861. The van der Waals surface area contributed by atoms with Crippen LogP contribution in [0.3, 0.4) is 0 Å². The van der Waals surface area contributed by atoms with Crippen LogP contribution in [0.5, 0.6) is 5.75 Å². The van der Waals surface area contributed by atoms with Crippen LogP contribution in [0.25, 0.3) is 0 Å². The van der Waals surface area contributed by atoms with E-state index in [9.17, 15) is 9.59 Å². The van der Waals surface area contributed by atoms with E-state index in [1.54, 1.807) is 12.1 Å². The number of fused-ring (bicyclic) bond motifs is 1. The molecule has 0 radical (unpaired) electrons. The van der Waals surface area contributed by atoms with Crippen LogP contribution in [0.1, 0.15) is 29.3 Å². The van der Waals surface area contributed by atoms with Crippen molar-refractivity contribution in [3.05, 3.63) is 59.7 Å². The standard InChI is InChI=1S/C22H24N2O3S/c1-15-9-11-28-12-10-24(15)22(26)17-6-4-7-18(13-17)23-21(25)20-14-16-5-2-3-8-19(16)27-20/h2-8,13,15,20H,9-12,14H2,1H3,(H,23,25). The molecule has 5 nitrogen and oxygen atoms in total. The number of para-hydroxylation sites is 1. The number of thioether (sulfide) groups is 1. The van der Waals surface area contributed by atoms with Crippen molar-refractivity contribution in [1.29, 1.82) is 0 Å². The fourth-order valence-electron chi connectivity index (χ4n) is 3.64. The first-order valence-corrected chi connectivity index (χ1v) is 10.8. The molecule has 4 rings (SSSR count). The number of anilines is 1. The summed E-state index contributed by atoms with van der Waals surface area (Å²) in [4.78, 5) is 27.6. The predicted molar refractivity (Wildman–Crippen MR) is 112 cm³/mol. The Hall–Kier alpha value is -2.47. The zero-order chi connectivity index (χ0) is 19.5. The van der Waals surface area contributed by atoms with Gasteiger partial charge in [-0.15, -0.1) is 0 Å². The minimum Gasteiger partial charge on any atom is -0.480 e. The van der Waals surface area contributed by atoms with Crippen LogP contribution in [0.2, 0.25) is 0 Å². The summed E-state index contributed by atoms with van der Waals surface area (Å²) in [5.74, 6) is 2.65. The molecule has 1 saturated heterocycles. The molecule has 0 bridgehead atoms. The maximum absolute atomic E-state index is 13.0. The summed E-state index contributed by atoms with van der Waals surface area (Å²) >= 11 is 1.89. The van der Waals surface area contributed by atoms with E-state index in [1.807, 2.05) is 53.1 Å². The largest absolute Gasteiger partial charge is 0.480 e. The highest BCUT2D eigenvalue weighted by Crippen LogP contribution is 2.29. The molecule has 0 spiro atoms. The lowest BCUT2D eigenvalue weighted by Crippen LogP contribution is -2.39. The molecule has 146 valence electrons. The van der Waals surface area contributed by atoms with E-state index in [0.717, 1.165) is 35.8 Å². The second-order valence-electron chi connectivity index (χ2n) is 7.24.